The Kier molecular flexibility index (Phi) is 41.7. The maximum Gasteiger partial charge on any atom is 0.364 e. The third-order valence-electron chi connectivity index (χ3n) is 17.8. The first-order valence-electron chi connectivity index (χ1n) is 34.1. The van der Waals surface area contributed by atoms with Gasteiger partial charge in [-0.2, -0.15) is 0 Å². The lowest BCUT2D eigenvalue weighted by Crippen LogP contribution is -2.70. The molecule has 25 nitrogen and oxygen atoms in total. The number of hydrogen-bond acceptors (Lipinski definition) is 22. The fraction of sp³-hybridized carbons (Fsp3) is 0.953. The van der Waals surface area contributed by atoms with Gasteiger partial charge in [0.2, 0.25) is 11.8 Å². The zero-order valence-corrected chi connectivity index (χ0v) is 53.8. The van der Waals surface area contributed by atoms with E-state index < -0.39 is 173 Å². The summed E-state index contributed by atoms with van der Waals surface area (Å²) in [6.07, 6.45) is 2.49. The molecule has 3 aliphatic heterocycles. The van der Waals surface area contributed by atoms with Crippen molar-refractivity contribution in [1.82, 2.24) is 10.6 Å². The number of ether oxygens (including phenoxy) is 6. The fourth-order valence-electron chi connectivity index (χ4n) is 12.2. The number of carboxylic acid groups (broad SMARTS) is 1. The van der Waals surface area contributed by atoms with Gasteiger partial charge in [-0.15, -0.1) is 0 Å². The van der Waals surface area contributed by atoms with E-state index in [0.717, 1.165) is 64.7 Å². The maximum absolute atomic E-state index is 13.6. The molecule has 3 heterocycles. The van der Waals surface area contributed by atoms with Crippen LogP contribution in [0.5, 0.6) is 0 Å². The average molecular weight is 1290 g/mol. The summed E-state index contributed by atoms with van der Waals surface area (Å²) in [5.41, 5.74) is 0. The van der Waals surface area contributed by atoms with Crippen molar-refractivity contribution in [1.29, 1.82) is 0 Å². The van der Waals surface area contributed by atoms with Gasteiger partial charge in [-0.1, -0.05) is 213 Å². The van der Waals surface area contributed by atoms with Gasteiger partial charge in [0.15, 0.2) is 12.6 Å². The second kappa shape index (κ2) is 45.9. The minimum absolute atomic E-state index is 0.134. The van der Waals surface area contributed by atoms with Gasteiger partial charge in [0, 0.05) is 13.3 Å². The Hall–Kier alpha value is -2.35. The highest BCUT2D eigenvalue weighted by Gasteiger charge is 2.60. The highest BCUT2D eigenvalue weighted by molar-refractivity contribution is 5.80. The van der Waals surface area contributed by atoms with E-state index in [1.807, 2.05) is 0 Å². The molecule has 0 aromatic carbocycles. The number of aliphatic carboxylic acids is 1. The summed E-state index contributed by atoms with van der Waals surface area (Å²) in [6, 6.07) is -2.99. The molecule has 0 saturated carbocycles. The molecule has 25 heteroatoms. The molecule has 3 saturated heterocycles. The Balaban J connectivity index is 1.65. The third kappa shape index (κ3) is 28.6. The van der Waals surface area contributed by atoms with E-state index in [-0.39, 0.29) is 12.8 Å². The molecule has 0 aliphatic carbocycles. The number of carbonyl (C=O) groups excluding carboxylic acids is 2. The van der Waals surface area contributed by atoms with E-state index in [4.69, 9.17) is 28.4 Å². The number of nitrogens with one attached hydrogen (secondary N) is 2. The lowest BCUT2D eigenvalue weighted by Gasteiger charge is -2.50. The number of amides is 2. The van der Waals surface area contributed by atoms with Crippen LogP contribution >= 0.6 is 0 Å². The van der Waals surface area contributed by atoms with Gasteiger partial charge in [-0.05, 0) is 12.8 Å². The predicted molar refractivity (Wildman–Crippen MR) is 327 cm³/mol. The molecule has 2 amide bonds. The van der Waals surface area contributed by atoms with Crippen molar-refractivity contribution in [2.24, 2.45) is 0 Å². The van der Waals surface area contributed by atoms with Crippen molar-refractivity contribution < 1.29 is 114 Å². The molecule has 3 aliphatic rings. The number of carboxylic acids is 1. The molecule has 16 N–H and O–H groups in total. The number of rotatable bonds is 51. The summed E-state index contributed by atoms with van der Waals surface area (Å²) in [4.78, 5) is 38.6. The number of unbranched alkanes of at least 4 members (excludes halogenated alkanes) is 29. The SMILES string of the molecule is CCCCCCCCCCCCCCCCCCCC[C@@H](O)C(=O)N[C@@H](CO[C@@H]1O[C@H](CO)[C@@H](O[C@@H]2O[C@H](CO)[C@H](O)[C@H](O[C@]3(C(=O)O)C[C@H](O)[C@@H](NC(C)=O)[C@H](C(O)C(O)CO)O3)[C@H]2O)[C@H](O)[C@H]1O)[C@H](O)[C@H](O)CCCCCCCCCCCCCCC. The van der Waals surface area contributed by atoms with Crippen molar-refractivity contribution in [3.63, 3.8) is 0 Å². The van der Waals surface area contributed by atoms with Crippen LogP contribution in [0.3, 0.4) is 0 Å². The largest absolute Gasteiger partial charge is 0.477 e. The summed E-state index contributed by atoms with van der Waals surface area (Å²) >= 11 is 0. The summed E-state index contributed by atoms with van der Waals surface area (Å²) < 4.78 is 34.6. The standard InChI is InChI=1S/C64H120N2O23/c1-4-6-8-10-12-14-16-18-19-20-21-22-24-26-28-30-32-34-36-45(72)60(81)66-43(51(75)44(71)35-33-31-29-27-25-23-17-15-13-11-9-7-5-2)41-84-61-55(79)54(78)57(49(40-69)86-61)87-62-56(80)59(53(77)48(39-68)85-62)89-64(63(82)83)37-46(73)50(65-42(3)70)58(88-64)52(76)47(74)38-67/h43-59,61-62,67-69,71-80H,4-41H2,1-3H3,(H,65,70)(H,66,81)(H,82,83)/t43-,44+,45+,46-,47?,48+,49+,50+,51-,52?,53-,54+,55+,56+,57+,58+,59-,61+,62-,64-/m0/s1. The van der Waals surface area contributed by atoms with Crippen molar-refractivity contribution >= 4 is 17.8 Å². The summed E-state index contributed by atoms with van der Waals surface area (Å²) in [5.74, 6) is -6.72. The van der Waals surface area contributed by atoms with Crippen LogP contribution in [0.4, 0.5) is 0 Å². The number of carbonyl (C=O) groups is 3. The lowest BCUT2D eigenvalue weighted by atomic mass is 9.88. The lowest BCUT2D eigenvalue weighted by molar-refractivity contribution is -0.386. The topological polar surface area (TPSA) is 414 Å². The van der Waals surface area contributed by atoms with E-state index in [1.54, 1.807) is 0 Å². The van der Waals surface area contributed by atoms with E-state index >= 15 is 0 Å². The van der Waals surface area contributed by atoms with Crippen LogP contribution in [0.2, 0.25) is 0 Å². The first kappa shape index (κ1) is 80.9. The molecule has 3 fully saturated rings. The van der Waals surface area contributed by atoms with Gasteiger partial charge in [-0.25, -0.2) is 4.79 Å². The van der Waals surface area contributed by atoms with Crippen molar-refractivity contribution in [3.8, 4) is 0 Å². The Labute approximate surface area is 528 Å². The third-order valence-corrected chi connectivity index (χ3v) is 17.8. The predicted octanol–water partition coefficient (Wildman–Crippen LogP) is 3.28. The zero-order chi connectivity index (χ0) is 65.7. The smallest absolute Gasteiger partial charge is 0.364 e. The summed E-state index contributed by atoms with van der Waals surface area (Å²) in [5, 5.41) is 158. The molecule has 0 radical (unpaired) electrons. The van der Waals surface area contributed by atoms with Crippen LogP contribution < -0.4 is 10.6 Å². The second-order valence-electron chi connectivity index (χ2n) is 25.3. The first-order chi connectivity index (χ1) is 42.7. The van der Waals surface area contributed by atoms with Crippen LogP contribution in [0, 0.1) is 0 Å². The van der Waals surface area contributed by atoms with Gasteiger partial charge < -0.3 is 111 Å². The van der Waals surface area contributed by atoms with Gasteiger partial charge in [-0.3, -0.25) is 9.59 Å². The Bertz CT molecular complexity index is 1850. The average Bonchev–Trinajstić information content (AvgIpc) is 0.858. The molecule has 0 spiro atoms. The Morgan fingerprint density at radius 2 is 1.00 bits per heavy atom. The molecule has 89 heavy (non-hydrogen) atoms. The van der Waals surface area contributed by atoms with Crippen LogP contribution in [0.15, 0.2) is 0 Å². The van der Waals surface area contributed by atoms with Gasteiger partial charge in [0.1, 0.15) is 79.4 Å². The number of hydrogen-bond donors (Lipinski definition) is 16. The highest BCUT2D eigenvalue weighted by Crippen LogP contribution is 2.39. The first-order valence-corrected chi connectivity index (χ1v) is 34.1. The monoisotopic (exact) mass is 1280 g/mol. The maximum atomic E-state index is 13.6. The quantitative estimate of drug-likeness (QED) is 0.0389. The molecule has 524 valence electrons. The molecule has 2 unspecified atom stereocenters. The van der Waals surface area contributed by atoms with Gasteiger partial charge in [0.05, 0.1) is 50.7 Å². The summed E-state index contributed by atoms with van der Waals surface area (Å²) in [6.45, 7) is 1.74. The van der Waals surface area contributed by atoms with E-state index in [1.165, 1.54) is 128 Å². The van der Waals surface area contributed by atoms with Gasteiger partial charge in [0.25, 0.3) is 5.79 Å². The van der Waals surface area contributed by atoms with Crippen molar-refractivity contribution in [2.45, 2.75) is 361 Å². The van der Waals surface area contributed by atoms with Crippen LogP contribution in [-0.2, 0) is 42.8 Å². The number of aliphatic hydroxyl groups excluding tert-OH is 13. The Morgan fingerprint density at radius 1 is 0.551 bits per heavy atom. The van der Waals surface area contributed by atoms with Crippen LogP contribution in [0.1, 0.15) is 239 Å². The molecular formula is C64H120N2O23. The minimum atomic E-state index is -3.11. The van der Waals surface area contributed by atoms with E-state index in [9.17, 15) is 85.9 Å². The number of aliphatic hydroxyl groups is 13. The van der Waals surface area contributed by atoms with E-state index in [2.05, 4.69) is 24.5 Å². The molecule has 0 aromatic heterocycles. The minimum Gasteiger partial charge on any atom is -0.477 e. The summed E-state index contributed by atoms with van der Waals surface area (Å²) in [7, 11) is 0. The highest BCUT2D eigenvalue weighted by atomic mass is 16.8. The molecule has 3 rings (SSSR count). The van der Waals surface area contributed by atoms with Crippen molar-refractivity contribution in [3.05, 3.63) is 0 Å². The normalized spacial score (nSPS) is 29.5. The molecule has 0 bridgehead atoms. The Morgan fingerprint density at radius 3 is 1.44 bits per heavy atom. The second-order valence-corrected chi connectivity index (χ2v) is 25.3. The van der Waals surface area contributed by atoms with Crippen LogP contribution in [-0.4, -0.2) is 238 Å². The van der Waals surface area contributed by atoms with E-state index in [0.29, 0.717) is 12.8 Å². The molecule has 20 atom stereocenters. The molecular weight excluding hydrogens is 1160 g/mol. The van der Waals surface area contributed by atoms with Crippen LogP contribution in [0.25, 0.3) is 0 Å². The zero-order valence-electron chi connectivity index (χ0n) is 53.8. The molecule has 0 aromatic rings. The fourth-order valence-corrected chi connectivity index (χ4v) is 12.2. The van der Waals surface area contributed by atoms with Gasteiger partial charge >= 0.3 is 5.97 Å². The van der Waals surface area contributed by atoms with Crippen molar-refractivity contribution in [2.75, 3.05) is 26.4 Å².